The van der Waals surface area contributed by atoms with Gasteiger partial charge in [0.25, 0.3) is 5.91 Å². The topological polar surface area (TPSA) is 58.2 Å². The summed E-state index contributed by atoms with van der Waals surface area (Å²) in [7, 11) is 0. The van der Waals surface area contributed by atoms with Gasteiger partial charge in [-0.1, -0.05) is 12.1 Å². The third-order valence-electron chi connectivity index (χ3n) is 3.61. The van der Waals surface area contributed by atoms with Crippen LogP contribution in [0.5, 0.6) is 0 Å². The zero-order valence-corrected chi connectivity index (χ0v) is 14.0. The van der Waals surface area contributed by atoms with Crippen molar-refractivity contribution in [3.05, 3.63) is 35.4 Å². The summed E-state index contributed by atoms with van der Waals surface area (Å²) >= 11 is 3.43. The van der Waals surface area contributed by atoms with Crippen LogP contribution in [0, 0.1) is 0 Å². The van der Waals surface area contributed by atoms with Crippen LogP contribution in [0.1, 0.15) is 35.2 Å². The van der Waals surface area contributed by atoms with E-state index in [0.717, 1.165) is 29.9 Å². The Labute approximate surface area is 139 Å². The highest BCUT2D eigenvalue weighted by Crippen LogP contribution is 2.30. The third kappa shape index (κ3) is 4.43. The maximum atomic E-state index is 12.1. The summed E-state index contributed by atoms with van der Waals surface area (Å²) in [5.41, 5.74) is 1.63. The molecule has 0 spiro atoms. The molecule has 22 heavy (non-hydrogen) atoms. The number of thioether (sulfide) groups is 2. The summed E-state index contributed by atoms with van der Waals surface area (Å²) in [5.74, 6) is 2.18. The Morgan fingerprint density at radius 2 is 1.95 bits per heavy atom. The van der Waals surface area contributed by atoms with E-state index in [4.69, 9.17) is 0 Å². The number of carbonyl (C=O) groups excluding carboxylic acids is 2. The lowest BCUT2D eigenvalue weighted by atomic mass is 10.1. The summed E-state index contributed by atoms with van der Waals surface area (Å²) in [6, 6.07) is 7.84. The van der Waals surface area contributed by atoms with Crippen LogP contribution < -0.4 is 10.6 Å². The van der Waals surface area contributed by atoms with Gasteiger partial charge < -0.3 is 10.6 Å². The van der Waals surface area contributed by atoms with Crippen LogP contribution in [0.2, 0.25) is 0 Å². The van der Waals surface area contributed by atoms with Crippen molar-refractivity contribution in [3.63, 3.8) is 0 Å². The molecule has 0 radical (unpaired) electrons. The van der Waals surface area contributed by atoms with Crippen LogP contribution in [0.25, 0.3) is 0 Å². The molecule has 0 aromatic heterocycles. The predicted octanol–water partition coefficient (Wildman–Crippen LogP) is 2.39. The first kappa shape index (κ1) is 15.7. The molecule has 2 N–H and O–H groups in total. The maximum absolute atomic E-state index is 12.1. The summed E-state index contributed by atoms with van der Waals surface area (Å²) < 4.78 is 0.00935. The van der Waals surface area contributed by atoms with E-state index in [2.05, 4.69) is 10.6 Å². The Morgan fingerprint density at radius 3 is 2.68 bits per heavy atom. The number of carbonyl (C=O) groups is 2. The molecule has 1 saturated heterocycles. The Kier molecular flexibility index (Phi) is 5.31. The molecule has 1 aromatic rings. The van der Waals surface area contributed by atoms with Gasteiger partial charge in [0.2, 0.25) is 5.91 Å². The minimum Gasteiger partial charge on any atom is -0.350 e. The van der Waals surface area contributed by atoms with Crippen molar-refractivity contribution in [2.45, 2.75) is 36.4 Å². The highest BCUT2D eigenvalue weighted by molar-refractivity contribution is 8.18. The number of rotatable bonds is 5. The fourth-order valence-corrected chi connectivity index (χ4v) is 4.90. The van der Waals surface area contributed by atoms with E-state index < -0.39 is 0 Å². The van der Waals surface area contributed by atoms with Crippen molar-refractivity contribution in [2.24, 2.45) is 0 Å². The van der Waals surface area contributed by atoms with Crippen LogP contribution in [0.3, 0.4) is 0 Å². The van der Waals surface area contributed by atoms with Crippen LogP contribution in [-0.2, 0) is 11.3 Å². The van der Waals surface area contributed by atoms with E-state index >= 15 is 0 Å². The molecule has 1 aliphatic carbocycles. The zero-order valence-electron chi connectivity index (χ0n) is 12.3. The van der Waals surface area contributed by atoms with E-state index in [1.54, 1.807) is 23.5 Å². The van der Waals surface area contributed by atoms with Crippen molar-refractivity contribution in [3.8, 4) is 0 Å². The highest BCUT2D eigenvalue weighted by Gasteiger charge is 2.24. The van der Waals surface area contributed by atoms with Gasteiger partial charge in [-0.2, -0.15) is 0 Å². The molecule has 4 nitrogen and oxygen atoms in total. The molecule has 1 heterocycles. The molecular weight excluding hydrogens is 316 g/mol. The second-order valence-electron chi connectivity index (χ2n) is 5.59. The summed E-state index contributed by atoms with van der Waals surface area (Å²) in [4.78, 5) is 24.1. The molecule has 1 saturated carbocycles. The van der Waals surface area contributed by atoms with Crippen molar-refractivity contribution in [2.75, 3.05) is 11.5 Å². The van der Waals surface area contributed by atoms with Gasteiger partial charge in [-0.25, -0.2) is 0 Å². The SMILES string of the molecule is O=C(NC1CC1)c1cccc(CNC(=O)C2SCCCS2)c1. The lowest BCUT2D eigenvalue weighted by molar-refractivity contribution is -0.119. The number of benzene rings is 1. The molecule has 1 aromatic carbocycles. The smallest absolute Gasteiger partial charge is 0.251 e. The summed E-state index contributed by atoms with van der Waals surface area (Å²) in [6.45, 7) is 0.473. The van der Waals surface area contributed by atoms with Gasteiger partial charge in [0.1, 0.15) is 4.58 Å². The molecule has 1 aliphatic heterocycles. The molecule has 0 bridgehead atoms. The minimum atomic E-state index is -0.0194. The highest BCUT2D eigenvalue weighted by atomic mass is 32.2. The lowest BCUT2D eigenvalue weighted by Crippen LogP contribution is -2.32. The molecule has 2 amide bonds. The van der Waals surface area contributed by atoms with Gasteiger partial charge in [0.05, 0.1) is 0 Å². The monoisotopic (exact) mass is 336 g/mol. The Balaban J connectivity index is 1.53. The van der Waals surface area contributed by atoms with Crippen LogP contribution in [0.4, 0.5) is 0 Å². The minimum absolute atomic E-state index is 0.00935. The fourth-order valence-electron chi connectivity index (χ4n) is 2.23. The van der Waals surface area contributed by atoms with E-state index in [1.165, 1.54) is 6.42 Å². The van der Waals surface area contributed by atoms with E-state index in [9.17, 15) is 9.59 Å². The molecule has 118 valence electrons. The lowest BCUT2D eigenvalue weighted by Gasteiger charge is -2.20. The number of amides is 2. The Hall–Kier alpha value is -1.14. The van der Waals surface area contributed by atoms with Gasteiger partial charge in [-0.05, 0) is 48.5 Å². The number of hydrogen-bond donors (Lipinski definition) is 2. The number of hydrogen-bond acceptors (Lipinski definition) is 4. The quantitative estimate of drug-likeness (QED) is 0.867. The average Bonchev–Trinajstić information content (AvgIpc) is 3.37. The second kappa shape index (κ2) is 7.42. The first-order valence-electron chi connectivity index (χ1n) is 7.63. The summed E-state index contributed by atoms with van der Waals surface area (Å²) in [6.07, 6.45) is 3.34. The first-order chi connectivity index (χ1) is 10.7. The first-order valence-corrected chi connectivity index (χ1v) is 9.73. The van der Waals surface area contributed by atoms with Crippen molar-refractivity contribution in [1.29, 1.82) is 0 Å². The van der Waals surface area contributed by atoms with Crippen molar-refractivity contribution < 1.29 is 9.59 Å². The van der Waals surface area contributed by atoms with Crippen LogP contribution in [-0.4, -0.2) is 33.9 Å². The van der Waals surface area contributed by atoms with Crippen molar-refractivity contribution >= 4 is 35.3 Å². The molecule has 0 atom stereocenters. The average molecular weight is 336 g/mol. The largest absolute Gasteiger partial charge is 0.350 e. The maximum Gasteiger partial charge on any atom is 0.251 e. The molecule has 3 rings (SSSR count). The van der Waals surface area contributed by atoms with Crippen LogP contribution >= 0.6 is 23.5 Å². The molecule has 2 aliphatic rings. The normalized spacial score (nSPS) is 18.7. The molecular formula is C16H20N2O2S2. The van der Waals surface area contributed by atoms with Gasteiger partial charge in [0, 0.05) is 18.2 Å². The van der Waals surface area contributed by atoms with Gasteiger partial charge in [0.15, 0.2) is 0 Å². The Morgan fingerprint density at radius 1 is 1.18 bits per heavy atom. The fraction of sp³-hybridized carbons (Fsp3) is 0.500. The van der Waals surface area contributed by atoms with Gasteiger partial charge >= 0.3 is 0 Å². The number of nitrogens with one attached hydrogen (secondary N) is 2. The van der Waals surface area contributed by atoms with E-state index in [1.807, 2.05) is 24.3 Å². The zero-order chi connectivity index (χ0) is 15.4. The second-order valence-corrected chi connectivity index (χ2v) is 8.32. The van der Waals surface area contributed by atoms with Gasteiger partial charge in [-0.15, -0.1) is 23.5 Å². The van der Waals surface area contributed by atoms with E-state index in [-0.39, 0.29) is 16.4 Å². The Bertz CT molecular complexity index is 555. The van der Waals surface area contributed by atoms with E-state index in [0.29, 0.717) is 18.2 Å². The molecule has 0 unspecified atom stereocenters. The van der Waals surface area contributed by atoms with Crippen LogP contribution in [0.15, 0.2) is 24.3 Å². The molecule has 6 heteroatoms. The third-order valence-corrected chi connectivity index (χ3v) is 6.51. The van der Waals surface area contributed by atoms with Crippen molar-refractivity contribution in [1.82, 2.24) is 10.6 Å². The predicted molar refractivity (Wildman–Crippen MR) is 92.1 cm³/mol. The molecule has 2 fully saturated rings. The standard InChI is InChI=1S/C16H20N2O2S2/c19-14(18-13-5-6-13)12-4-1-3-11(9-12)10-17-15(20)16-21-7-2-8-22-16/h1,3-4,9,13,16H,2,5-8,10H2,(H,17,20)(H,18,19). The summed E-state index contributed by atoms with van der Waals surface area (Å²) in [5, 5.41) is 5.96. The van der Waals surface area contributed by atoms with Gasteiger partial charge in [-0.3, -0.25) is 9.59 Å².